The highest BCUT2D eigenvalue weighted by Gasteiger charge is 2.22. The van der Waals surface area contributed by atoms with Crippen LogP contribution in [0.1, 0.15) is 32.7 Å². The lowest BCUT2D eigenvalue weighted by Gasteiger charge is -2.10. The van der Waals surface area contributed by atoms with Crippen LogP contribution in [0.25, 0.3) is 11.1 Å². The highest BCUT2D eigenvalue weighted by molar-refractivity contribution is 7.85. The average molecular weight is 387 g/mol. The summed E-state index contributed by atoms with van der Waals surface area (Å²) in [5.41, 5.74) is 9.13. The molecule has 0 unspecified atom stereocenters. The normalized spacial score (nSPS) is 14.0. The zero-order valence-electron chi connectivity index (χ0n) is 14.4. The molecule has 0 fully saturated rings. The van der Waals surface area contributed by atoms with Crippen LogP contribution in [0.15, 0.2) is 47.6 Å². The monoisotopic (exact) mass is 387 g/mol. The molecule has 0 radical (unpaired) electrons. The largest absolute Gasteiger partial charge is 0.367 e. The lowest BCUT2D eigenvalue weighted by atomic mass is 9.95. The molecule has 0 heterocycles. The van der Waals surface area contributed by atoms with Crippen molar-refractivity contribution in [2.45, 2.75) is 12.8 Å². The molecule has 0 atom stereocenters. The number of Topliss-reactive ketones (excluding diaryl/α,β-unsaturated/α-hetero) is 1. The topological polar surface area (TPSA) is 128 Å². The van der Waals surface area contributed by atoms with Gasteiger partial charge in [-0.3, -0.25) is 19.2 Å². The minimum Gasteiger partial charge on any atom is -0.367 e. The van der Waals surface area contributed by atoms with E-state index < -0.39 is 22.0 Å². The van der Waals surface area contributed by atoms with Gasteiger partial charge in [0.1, 0.15) is 0 Å². The smallest absolute Gasteiger partial charge is 0.325 e. The fraction of sp³-hybridized carbons (Fsp3) is 0.167. The minimum atomic E-state index is -3.82. The van der Waals surface area contributed by atoms with Crippen LogP contribution >= 0.6 is 0 Å². The molecule has 0 saturated carbocycles. The third kappa shape index (κ3) is 4.32. The van der Waals surface area contributed by atoms with E-state index in [1.165, 1.54) is 0 Å². The van der Waals surface area contributed by atoms with E-state index in [4.69, 9.17) is 5.73 Å². The van der Waals surface area contributed by atoms with E-state index >= 15 is 0 Å². The first-order valence-electron chi connectivity index (χ1n) is 8.03. The van der Waals surface area contributed by atoms with E-state index in [1.807, 2.05) is 24.3 Å². The first kappa shape index (κ1) is 18.6. The van der Waals surface area contributed by atoms with Crippen LogP contribution in [0.2, 0.25) is 0 Å². The standard InChI is InChI=1S/C18H17N3O5S/c1-27(24,25)26-21-18(19)20-17(23)12-5-2-4-11(10-12)13-6-3-7-15-14(13)8-9-16(15)22/h2-7,10H,8-9H2,1H3,(H3,19,20,21,23). The third-order valence-corrected chi connectivity index (χ3v) is 4.37. The first-order valence-corrected chi connectivity index (χ1v) is 9.85. The summed E-state index contributed by atoms with van der Waals surface area (Å²) < 4.78 is 25.9. The second-order valence-electron chi connectivity index (χ2n) is 6.04. The molecule has 9 heteroatoms. The minimum absolute atomic E-state index is 0.121. The number of hydrogen-bond donors (Lipinski definition) is 2. The van der Waals surface area contributed by atoms with Gasteiger partial charge in [0.25, 0.3) is 5.91 Å². The van der Waals surface area contributed by atoms with E-state index in [-0.39, 0.29) is 5.78 Å². The zero-order chi connectivity index (χ0) is 19.6. The second kappa shape index (κ2) is 7.20. The Labute approximate surface area is 156 Å². The molecular weight excluding hydrogens is 370 g/mol. The number of oxime groups is 1. The number of guanidine groups is 1. The summed E-state index contributed by atoms with van der Waals surface area (Å²) in [6.07, 6.45) is 1.96. The summed E-state index contributed by atoms with van der Waals surface area (Å²) in [6, 6.07) is 12.3. The van der Waals surface area contributed by atoms with Crippen LogP contribution < -0.4 is 11.1 Å². The molecule has 140 valence electrons. The van der Waals surface area contributed by atoms with Gasteiger partial charge in [-0.15, -0.1) is 0 Å². The van der Waals surface area contributed by atoms with Crippen LogP contribution in [0.3, 0.4) is 0 Å². The van der Waals surface area contributed by atoms with Gasteiger partial charge in [-0.2, -0.15) is 8.42 Å². The van der Waals surface area contributed by atoms with Crippen LogP contribution in [0, 0.1) is 0 Å². The predicted octanol–water partition coefficient (Wildman–Crippen LogP) is 1.42. The number of carbonyl (C=O) groups excluding carboxylic acids is 2. The van der Waals surface area contributed by atoms with Gasteiger partial charge in [-0.1, -0.05) is 30.3 Å². The Morgan fingerprint density at radius 3 is 2.59 bits per heavy atom. The maximum absolute atomic E-state index is 12.3. The van der Waals surface area contributed by atoms with Crippen LogP contribution in [0.4, 0.5) is 0 Å². The molecule has 0 aromatic heterocycles. The first-order chi connectivity index (χ1) is 12.7. The SMILES string of the molecule is CS(=O)(=O)ON=C(N)NC(=O)c1cccc(-c2cccc3c2CCC3=O)c1. The summed E-state index contributed by atoms with van der Waals surface area (Å²) >= 11 is 0. The predicted molar refractivity (Wildman–Crippen MR) is 99.5 cm³/mol. The Bertz CT molecular complexity index is 1060. The van der Waals surface area contributed by atoms with Gasteiger partial charge in [0.05, 0.1) is 6.26 Å². The maximum Gasteiger partial charge on any atom is 0.325 e. The maximum atomic E-state index is 12.3. The average Bonchev–Trinajstić information content (AvgIpc) is 3.01. The van der Waals surface area contributed by atoms with Crippen molar-refractivity contribution in [3.63, 3.8) is 0 Å². The van der Waals surface area contributed by atoms with Crippen LogP contribution in [0.5, 0.6) is 0 Å². The number of nitrogens with two attached hydrogens (primary N) is 1. The molecule has 0 aliphatic heterocycles. The Morgan fingerprint density at radius 1 is 1.15 bits per heavy atom. The molecule has 2 aromatic rings. The molecule has 1 amide bonds. The molecule has 1 aliphatic rings. The molecule has 3 N–H and O–H groups in total. The van der Waals surface area contributed by atoms with Crippen molar-refractivity contribution in [3.05, 3.63) is 59.2 Å². The van der Waals surface area contributed by atoms with Gasteiger partial charge < -0.3 is 5.73 Å². The van der Waals surface area contributed by atoms with Crippen molar-refractivity contribution in [3.8, 4) is 11.1 Å². The lowest BCUT2D eigenvalue weighted by molar-refractivity contribution is 0.0972. The van der Waals surface area contributed by atoms with Crippen molar-refractivity contribution in [2.24, 2.45) is 10.9 Å². The van der Waals surface area contributed by atoms with Gasteiger partial charge in [-0.05, 0) is 40.4 Å². The molecule has 8 nitrogen and oxygen atoms in total. The Balaban J connectivity index is 1.85. The molecule has 27 heavy (non-hydrogen) atoms. The van der Waals surface area contributed by atoms with Gasteiger partial charge in [0, 0.05) is 17.5 Å². The number of rotatable bonds is 4. The number of nitrogens with one attached hydrogen (secondary N) is 1. The molecule has 0 saturated heterocycles. The molecule has 0 bridgehead atoms. The summed E-state index contributed by atoms with van der Waals surface area (Å²) in [5.74, 6) is -0.934. The number of amides is 1. The molecule has 3 rings (SSSR count). The van der Waals surface area contributed by atoms with E-state index in [0.717, 1.165) is 28.5 Å². The summed E-state index contributed by atoms with van der Waals surface area (Å²) in [4.78, 5) is 24.2. The summed E-state index contributed by atoms with van der Waals surface area (Å²) in [6.45, 7) is 0. The summed E-state index contributed by atoms with van der Waals surface area (Å²) in [7, 11) is -3.82. The van der Waals surface area contributed by atoms with Crippen molar-refractivity contribution in [2.75, 3.05) is 6.26 Å². The van der Waals surface area contributed by atoms with Gasteiger partial charge in [0.15, 0.2) is 5.78 Å². The number of ketones is 1. The zero-order valence-corrected chi connectivity index (χ0v) is 15.2. The lowest BCUT2D eigenvalue weighted by Crippen LogP contribution is -2.37. The number of nitrogens with zero attached hydrogens (tertiary/aromatic N) is 1. The van der Waals surface area contributed by atoms with E-state index in [2.05, 4.69) is 14.8 Å². The van der Waals surface area contributed by atoms with E-state index in [0.29, 0.717) is 18.4 Å². The highest BCUT2D eigenvalue weighted by atomic mass is 32.2. The molecular formula is C18H17N3O5S. The van der Waals surface area contributed by atoms with Crippen LogP contribution in [-0.4, -0.2) is 32.3 Å². The van der Waals surface area contributed by atoms with E-state index in [9.17, 15) is 18.0 Å². The second-order valence-corrected chi connectivity index (χ2v) is 7.60. The molecule has 0 spiro atoms. The number of hydrogen-bond acceptors (Lipinski definition) is 6. The van der Waals surface area contributed by atoms with Gasteiger partial charge in [0.2, 0.25) is 5.96 Å². The Hall–Kier alpha value is -3.20. The fourth-order valence-corrected chi connectivity index (χ4v) is 3.12. The van der Waals surface area contributed by atoms with Gasteiger partial charge >= 0.3 is 10.1 Å². The van der Waals surface area contributed by atoms with Crippen molar-refractivity contribution in [1.29, 1.82) is 0 Å². The highest BCUT2D eigenvalue weighted by Crippen LogP contribution is 2.32. The number of carbonyl (C=O) groups is 2. The number of benzene rings is 2. The van der Waals surface area contributed by atoms with Crippen LogP contribution in [-0.2, 0) is 20.8 Å². The third-order valence-electron chi connectivity index (χ3n) is 4.03. The quantitative estimate of drug-likeness (QED) is 0.464. The van der Waals surface area contributed by atoms with E-state index in [1.54, 1.807) is 18.2 Å². The van der Waals surface area contributed by atoms with Crippen molar-refractivity contribution < 1.29 is 22.3 Å². The van der Waals surface area contributed by atoms with Gasteiger partial charge in [-0.25, -0.2) is 0 Å². The Kier molecular flexibility index (Phi) is 4.95. The molecule has 2 aromatic carbocycles. The Morgan fingerprint density at radius 2 is 1.85 bits per heavy atom. The van der Waals surface area contributed by atoms with Crippen molar-refractivity contribution in [1.82, 2.24) is 5.32 Å². The number of fused-ring (bicyclic) bond motifs is 1. The summed E-state index contributed by atoms with van der Waals surface area (Å²) in [5, 5.41) is 5.39. The van der Waals surface area contributed by atoms with Crippen molar-refractivity contribution >= 4 is 27.8 Å². The fourth-order valence-electron chi connectivity index (χ4n) is 2.91. The molecule has 1 aliphatic carbocycles.